The van der Waals surface area contributed by atoms with Gasteiger partial charge >= 0.3 is 5.97 Å². The van der Waals surface area contributed by atoms with E-state index in [9.17, 15) is 19.1 Å². The van der Waals surface area contributed by atoms with Gasteiger partial charge in [-0.1, -0.05) is 31.4 Å². The maximum Gasteiger partial charge on any atom is 0.326 e. The third-order valence-electron chi connectivity index (χ3n) is 3.79. The van der Waals surface area contributed by atoms with Crippen LogP contribution in [0.1, 0.15) is 42.5 Å². The number of rotatable bonds is 4. The summed E-state index contributed by atoms with van der Waals surface area (Å²) in [6.45, 7) is 0. The second-order valence-electron chi connectivity index (χ2n) is 5.17. The smallest absolute Gasteiger partial charge is 0.326 e. The summed E-state index contributed by atoms with van der Waals surface area (Å²) >= 11 is 0. The maximum atomic E-state index is 13.5. The van der Waals surface area contributed by atoms with Gasteiger partial charge in [0.1, 0.15) is 11.9 Å². The first-order valence-electron chi connectivity index (χ1n) is 6.88. The Labute approximate surface area is 117 Å². The van der Waals surface area contributed by atoms with Crippen LogP contribution in [0.4, 0.5) is 4.39 Å². The molecule has 5 heteroatoms. The van der Waals surface area contributed by atoms with Crippen LogP contribution in [0.3, 0.4) is 0 Å². The number of carbonyl (C=O) groups excluding carboxylic acids is 1. The largest absolute Gasteiger partial charge is 0.480 e. The minimum absolute atomic E-state index is 0.0722. The van der Waals surface area contributed by atoms with Crippen LogP contribution < -0.4 is 5.32 Å². The zero-order valence-corrected chi connectivity index (χ0v) is 11.1. The number of halogens is 1. The number of hydrogen-bond donors (Lipinski definition) is 2. The lowest BCUT2D eigenvalue weighted by Gasteiger charge is -2.28. The van der Waals surface area contributed by atoms with Gasteiger partial charge in [-0.15, -0.1) is 0 Å². The molecule has 0 saturated heterocycles. The fourth-order valence-corrected chi connectivity index (χ4v) is 2.71. The molecule has 0 aliphatic heterocycles. The summed E-state index contributed by atoms with van der Waals surface area (Å²) < 4.78 is 13.5. The molecule has 20 heavy (non-hydrogen) atoms. The van der Waals surface area contributed by atoms with Gasteiger partial charge in [0.05, 0.1) is 5.56 Å². The molecular weight excluding hydrogens is 261 g/mol. The van der Waals surface area contributed by atoms with E-state index in [-0.39, 0.29) is 11.5 Å². The van der Waals surface area contributed by atoms with Crippen LogP contribution in [-0.2, 0) is 4.79 Å². The van der Waals surface area contributed by atoms with Gasteiger partial charge in [-0.05, 0) is 30.9 Å². The van der Waals surface area contributed by atoms with Crippen LogP contribution in [0.25, 0.3) is 0 Å². The van der Waals surface area contributed by atoms with E-state index in [1.54, 1.807) is 6.07 Å². The number of hydrogen-bond acceptors (Lipinski definition) is 2. The molecule has 1 aromatic rings. The van der Waals surface area contributed by atoms with E-state index in [0.29, 0.717) is 0 Å². The predicted octanol–water partition coefficient (Wildman–Crippen LogP) is 2.59. The van der Waals surface area contributed by atoms with Crippen molar-refractivity contribution in [1.82, 2.24) is 5.32 Å². The lowest BCUT2D eigenvalue weighted by Crippen LogP contribution is -2.46. The van der Waals surface area contributed by atoms with Crippen molar-refractivity contribution in [3.05, 3.63) is 35.6 Å². The summed E-state index contributed by atoms with van der Waals surface area (Å²) in [5, 5.41) is 11.7. The molecule has 1 aliphatic carbocycles. The zero-order chi connectivity index (χ0) is 14.5. The van der Waals surface area contributed by atoms with E-state index in [4.69, 9.17) is 0 Å². The number of benzene rings is 1. The number of carboxylic acid groups (broad SMARTS) is 1. The number of amides is 1. The summed E-state index contributed by atoms with van der Waals surface area (Å²) in [7, 11) is 0. The topological polar surface area (TPSA) is 66.4 Å². The summed E-state index contributed by atoms with van der Waals surface area (Å²) in [5.74, 6) is -2.43. The lowest BCUT2D eigenvalue weighted by atomic mass is 9.84. The average molecular weight is 279 g/mol. The highest BCUT2D eigenvalue weighted by molar-refractivity contribution is 5.96. The molecule has 1 atom stereocenters. The van der Waals surface area contributed by atoms with Crippen molar-refractivity contribution in [3.63, 3.8) is 0 Å². The molecular formula is C15H18FNO3. The van der Waals surface area contributed by atoms with Gasteiger partial charge in [-0.2, -0.15) is 0 Å². The third-order valence-corrected chi connectivity index (χ3v) is 3.79. The van der Waals surface area contributed by atoms with Gasteiger partial charge in [-0.25, -0.2) is 9.18 Å². The highest BCUT2D eigenvalue weighted by Gasteiger charge is 2.31. The number of carbonyl (C=O) groups is 2. The molecule has 1 saturated carbocycles. The SMILES string of the molecule is O=C(N[C@@H](C(=O)O)C1CCCCC1)c1ccccc1F. The Morgan fingerprint density at radius 3 is 2.45 bits per heavy atom. The maximum absolute atomic E-state index is 13.5. The molecule has 108 valence electrons. The van der Waals surface area contributed by atoms with Crippen molar-refractivity contribution in [2.75, 3.05) is 0 Å². The highest BCUT2D eigenvalue weighted by Crippen LogP contribution is 2.27. The minimum atomic E-state index is -1.05. The van der Waals surface area contributed by atoms with E-state index >= 15 is 0 Å². The molecule has 1 aliphatic rings. The molecule has 0 unspecified atom stereocenters. The Hall–Kier alpha value is -1.91. The second kappa shape index (κ2) is 6.50. The Kier molecular flexibility index (Phi) is 4.71. The van der Waals surface area contributed by atoms with Crippen LogP contribution in [0, 0.1) is 11.7 Å². The molecule has 4 nitrogen and oxygen atoms in total. The van der Waals surface area contributed by atoms with Crippen LogP contribution in [0.2, 0.25) is 0 Å². The van der Waals surface area contributed by atoms with Crippen LogP contribution in [-0.4, -0.2) is 23.0 Å². The molecule has 2 rings (SSSR count). The van der Waals surface area contributed by atoms with Gasteiger partial charge < -0.3 is 10.4 Å². The summed E-state index contributed by atoms with van der Waals surface area (Å²) in [6.07, 6.45) is 4.63. The predicted molar refractivity (Wildman–Crippen MR) is 71.9 cm³/mol. The van der Waals surface area contributed by atoms with Crippen LogP contribution in [0.15, 0.2) is 24.3 Å². The fourth-order valence-electron chi connectivity index (χ4n) is 2.71. The number of aliphatic carboxylic acids is 1. The van der Waals surface area contributed by atoms with Gasteiger partial charge in [0.2, 0.25) is 0 Å². The Balaban J connectivity index is 2.10. The minimum Gasteiger partial charge on any atom is -0.480 e. The Bertz CT molecular complexity index is 498. The van der Waals surface area contributed by atoms with E-state index < -0.39 is 23.7 Å². The van der Waals surface area contributed by atoms with E-state index in [1.807, 2.05) is 0 Å². The molecule has 0 heterocycles. The summed E-state index contributed by atoms with van der Waals surface area (Å²) in [5.41, 5.74) is -0.116. The van der Waals surface area contributed by atoms with Crippen molar-refractivity contribution in [3.8, 4) is 0 Å². The van der Waals surface area contributed by atoms with Gasteiger partial charge in [0.15, 0.2) is 0 Å². The zero-order valence-electron chi connectivity index (χ0n) is 11.1. The van der Waals surface area contributed by atoms with E-state index in [0.717, 1.165) is 32.1 Å². The van der Waals surface area contributed by atoms with E-state index in [1.165, 1.54) is 18.2 Å². The van der Waals surface area contributed by atoms with Crippen LogP contribution >= 0.6 is 0 Å². The highest BCUT2D eigenvalue weighted by atomic mass is 19.1. The molecule has 0 aromatic heterocycles. The Morgan fingerprint density at radius 2 is 1.85 bits per heavy atom. The molecule has 0 radical (unpaired) electrons. The normalized spacial score (nSPS) is 17.4. The molecule has 1 aromatic carbocycles. The van der Waals surface area contributed by atoms with Crippen molar-refractivity contribution in [2.24, 2.45) is 5.92 Å². The van der Waals surface area contributed by atoms with Gasteiger partial charge in [-0.3, -0.25) is 4.79 Å². The first-order chi connectivity index (χ1) is 9.59. The standard InChI is InChI=1S/C15H18FNO3/c16-12-9-5-4-8-11(12)14(18)17-13(15(19)20)10-6-2-1-3-7-10/h4-5,8-10,13H,1-3,6-7H2,(H,17,18)(H,19,20)/t13-/m1/s1. The number of nitrogens with one attached hydrogen (secondary N) is 1. The van der Waals surface area contributed by atoms with Crippen LogP contribution in [0.5, 0.6) is 0 Å². The summed E-state index contributed by atoms with van der Waals surface area (Å²) in [6, 6.07) is 4.63. The molecule has 1 amide bonds. The van der Waals surface area contributed by atoms with Crippen molar-refractivity contribution < 1.29 is 19.1 Å². The second-order valence-corrected chi connectivity index (χ2v) is 5.17. The monoisotopic (exact) mass is 279 g/mol. The van der Waals surface area contributed by atoms with Gasteiger partial charge in [0, 0.05) is 0 Å². The molecule has 1 fully saturated rings. The van der Waals surface area contributed by atoms with Gasteiger partial charge in [0.25, 0.3) is 5.91 Å². The molecule has 0 spiro atoms. The van der Waals surface area contributed by atoms with Crippen molar-refractivity contribution in [1.29, 1.82) is 0 Å². The summed E-state index contributed by atoms with van der Waals surface area (Å²) in [4.78, 5) is 23.4. The Morgan fingerprint density at radius 1 is 1.20 bits per heavy atom. The fraction of sp³-hybridized carbons (Fsp3) is 0.467. The molecule has 0 bridgehead atoms. The lowest BCUT2D eigenvalue weighted by molar-refractivity contribution is -0.141. The quantitative estimate of drug-likeness (QED) is 0.890. The first kappa shape index (κ1) is 14.5. The average Bonchev–Trinajstić information content (AvgIpc) is 2.45. The number of carboxylic acids is 1. The molecule has 2 N–H and O–H groups in total. The first-order valence-corrected chi connectivity index (χ1v) is 6.88. The third kappa shape index (κ3) is 3.35. The van der Waals surface area contributed by atoms with Crippen molar-refractivity contribution >= 4 is 11.9 Å². The van der Waals surface area contributed by atoms with Crippen molar-refractivity contribution in [2.45, 2.75) is 38.1 Å². The van der Waals surface area contributed by atoms with E-state index in [2.05, 4.69) is 5.32 Å².